The highest BCUT2D eigenvalue weighted by Crippen LogP contribution is 2.17. The summed E-state index contributed by atoms with van der Waals surface area (Å²) >= 11 is 0. The summed E-state index contributed by atoms with van der Waals surface area (Å²) in [6, 6.07) is 12.2. The average Bonchev–Trinajstić information content (AvgIpc) is 2.79. The fourth-order valence-electron chi connectivity index (χ4n) is 2.19. The molecule has 3 rings (SSSR count). The van der Waals surface area contributed by atoms with Crippen LogP contribution in [0.25, 0.3) is 16.6 Å². The van der Waals surface area contributed by atoms with E-state index in [4.69, 9.17) is 4.74 Å². The summed E-state index contributed by atoms with van der Waals surface area (Å²) in [5.74, 6) is 0. The van der Waals surface area contributed by atoms with Crippen molar-refractivity contribution in [3.63, 3.8) is 0 Å². The Bertz CT molecular complexity index is 718. The zero-order valence-electron chi connectivity index (χ0n) is 11.0. The van der Waals surface area contributed by atoms with Crippen molar-refractivity contribution in [3.8, 4) is 5.69 Å². The maximum Gasteiger partial charge on any atom is 0.0902 e. The van der Waals surface area contributed by atoms with E-state index < -0.39 is 0 Å². The number of para-hydroxylation sites is 1. The van der Waals surface area contributed by atoms with Crippen LogP contribution in [0.3, 0.4) is 0 Å². The summed E-state index contributed by atoms with van der Waals surface area (Å²) < 4.78 is 7.01. The lowest BCUT2D eigenvalue weighted by Gasteiger charge is -2.05. The second kappa shape index (κ2) is 4.82. The van der Waals surface area contributed by atoms with Crippen molar-refractivity contribution in [2.24, 2.45) is 0 Å². The SMILES string of the molecule is COCc1cc(C)n(-c2cnc3ccccc3c2)n1. The number of pyridine rings is 1. The minimum Gasteiger partial charge on any atom is -0.378 e. The van der Waals surface area contributed by atoms with E-state index in [0.717, 1.165) is 28.0 Å². The smallest absolute Gasteiger partial charge is 0.0902 e. The first kappa shape index (κ1) is 11.9. The van der Waals surface area contributed by atoms with E-state index in [-0.39, 0.29) is 0 Å². The van der Waals surface area contributed by atoms with Crippen LogP contribution in [-0.4, -0.2) is 21.9 Å². The first-order valence-electron chi connectivity index (χ1n) is 6.17. The molecule has 1 aromatic carbocycles. The molecule has 2 aromatic heterocycles. The average molecular weight is 253 g/mol. The molecule has 96 valence electrons. The van der Waals surface area contributed by atoms with Gasteiger partial charge in [0.2, 0.25) is 0 Å². The monoisotopic (exact) mass is 253 g/mol. The van der Waals surface area contributed by atoms with Crippen molar-refractivity contribution in [2.75, 3.05) is 7.11 Å². The highest BCUT2D eigenvalue weighted by atomic mass is 16.5. The molecular formula is C15H15N3O. The Labute approximate surface area is 111 Å². The van der Waals surface area contributed by atoms with Gasteiger partial charge in [0.15, 0.2) is 0 Å². The summed E-state index contributed by atoms with van der Waals surface area (Å²) in [6.07, 6.45) is 1.85. The minimum atomic E-state index is 0.523. The highest BCUT2D eigenvalue weighted by Gasteiger charge is 2.07. The Morgan fingerprint density at radius 3 is 2.89 bits per heavy atom. The van der Waals surface area contributed by atoms with Crippen molar-refractivity contribution in [1.29, 1.82) is 0 Å². The largest absolute Gasteiger partial charge is 0.378 e. The number of hydrogen-bond donors (Lipinski definition) is 0. The maximum atomic E-state index is 5.11. The lowest BCUT2D eigenvalue weighted by atomic mass is 10.2. The Balaban J connectivity index is 2.08. The second-order valence-electron chi connectivity index (χ2n) is 4.51. The first-order chi connectivity index (χ1) is 9.28. The van der Waals surface area contributed by atoms with Crippen LogP contribution in [0, 0.1) is 6.92 Å². The highest BCUT2D eigenvalue weighted by molar-refractivity contribution is 5.80. The lowest BCUT2D eigenvalue weighted by Crippen LogP contribution is -2.00. The number of benzene rings is 1. The van der Waals surface area contributed by atoms with E-state index in [2.05, 4.69) is 22.2 Å². The van der Waals surface area contributed by atoms with E-state index >= 15 is 0 Å². The molecule has 0 amide bonds. The molecule has 2 heterocycles. The summed E-state index contributed by atoms with van der Waals surface area (Å²) in [4.78, 5) is 4.46. The van der Waals surface area contributed by atoms with Crippen LogP contribution in [0.4, 0.5) is 0 Å². The quantitative estimate of drug-likeness (QED) is 0.720. The van der Waals surface area contributed by atoms with E-state index in [1.165, 1.54) is 0 Å². The van der Waals surface area contributed by atoms with Gasteiger partial charge in [-0.05, 0) is 25.1 Å². The molecule has 0 radical (unpaired) electrons. The van der Waals surface area contributed by atoms with E-state index in [9.17, 15) is 0 Å². The Morgan fingerprint density at radius 1 is 1.21 bits per heavy atom. The van der Waals surface area contributed by atoms with Gasteiger partial charge in [-0.25, -0.2) is 4.68 Å². The third kappa shape index (κ3) is 2.22. The standard InChI is InChI=1S/C15H15N3O/c1-11-7-13(10-19-2)17-18(11)14-8-12-5-3-4-6-15(12)16-9-14/h3-9H,10H2,1-2H3. The zero-order chi connectivity index (χ0) is 13.2. The number of ether oxygens (including phenoxy) is 1. The van der Waals surface area contributed by atoms with Crippen LogP contribution < -0.4 is 0 Å². The molecule has 0 aliphatic heterocycles. The molecule has 0 aliphatic carbocycles. The van der Waals surface area contributed by atoms with Crippen molar-refractivity contribution in [2.45, 2.75) is 13.5 Å². The Hall–Kier alpha value is -2.20. The second-order valence-corrected chi connectivity index (χ2v) is 4.51. The molecule has 0 saturated heterocycles. The molecule has 0 bridgehead atoms. The molecule has 3 aromatic rings. The fourth-order valence-corrected chi connectivity index (χ4v) is 2.19. The van der Waals surface area contributed by atoms with E-state index in [1.54, 1.807) is 7.11 Å². The maximum absolute atomic E-state index is 5.11. The number of aryl methyl sites for hydroxylation is 1. The van der Waals surface area contributed by atoms with Crippen LogP contribution in [0.1, 0.15) is 11.4 Å². The number of aromatic nitrogens is 3. The van der Waals surface area contributed by atoms with Gasteiger partial charge in [0, 0.05) is 18.2 Å². The molecular weight excluding hydrogens is 238 g/mol. The summed E-state index contributed by atoms with van der Waals surface area (Å²) in [5, 5.41) is 5.64. The van der Waals surface area contributed by atoms with Crippen molar-refractivity contribution >= 4 is 10.9 Å². The van der Waals surface area contributed by atoms with Crippen LogP contribution in [0.15, 0.2) is 42.6 Å². The predicted octanol–water partition coefficient (Wildman–Crippen LogP) is 2.88. The zero-order valence-corrected chi connectivity index (χ0v) is 11.0. The Morgan fingerprint density at radius 2 is 2.05 bits per heavy atom. The number of nitrogens with zero attached hydrogens (tertiary/aromatic N) is 3. The minimum absolute atomic E-state index is 0.523. The predicted molar refractivity (Wildman–Crippen MR) is 74.3 cm³/mol. The number of fused-ring (bicyclic) bond motifs is 1. The third-order valence-electron chi connectivity index (χ3n) is 3.05. The Kier molecular flexibility index (Phi) is 3.01. The molecule has 0 atom stereocenters. The fraction of sp³-hybridized carbons (Fsp3) is 0.200. The van der Waals surface area contributed by atoms with Crippen molar-refractivity contribution in [3.05, 3.63) is 54.0 Å². The van der Waals surface area contributed by atoms with Crippen LogP contribution in [0.2, 0.25) is 0 Å². The molecule has 0 aliphatic rings. The van der Waals surface area contributed by atoms with E-state index in [0.29, 0.717) is 6.61 Å². The molecule has 0 saturated carbocycles. The number of hydrogen-bond acceptors (Lipinski definition) is 3. The summed E-state index contributed by atoms with van der Waals surface area (Å²) in [6.45, 7) is 2.55. The summed E-state index contributed by atoms with van der Waals surface area (Å²) in [5.41, 5.74) is 3.96. The molecule has 0 N–H and O–H groups in total. The van der Waals surface area contributed by atoms with Crippen LogP contribution >= 0.6 is 0 Å². The van der Waals surface area contributed by atoms with Crippen LogP contribution in [0.5, 0.6) is 0 Å². The van der Waals surface area contributed by atoms with Gasteiger partial charge in [-0.1, -0.05) is 18.2 Å². The lowest BCUT2D eigenvalue weighted by molar-refractivity contribution is 0.181. The molecule has 4 nitrogen and oxygen atoms in total. The molecule has 4 heteroatoms. The molecule has 0 spiro atoms. The topological polar surface area (TPSA) is 39.9 Å². The van der Waals surface area contributed by atoms with Gasteiger partial charge >= 0.3 is 0 Å². The van der Waals surface area contributed by atoms with Crippen LogP contribution in [-0.2, 0) is 11.3 Å². The third-order valence-corrected chi connectivity index (χ3v) is 3.05. The van der Waals surface area contributed by atoms with Crippen molar-refractivity contribution < 1.29 is 4.74 Å². The van der Waals surface area contributed by atoms with Crippen molar-refractivity contribution in [1.82, 2.24) is 14.8 Å². The molecule has 0 unspecified atom stereocenters. The number of methoxy groups -OCH3 is 1. The van der Waals surface area contributed by atoms with Gasteiger partial charge < -0.3 is 4.74 Å². The van der Waals surface area contributed by atoms with Gasteiger partial charge in [-0.15, -0.1) is 0 Å². The van der Waals surface area contributed by atoms with Gasteiger partial charge in [-0.3, -0.25) is 4.98 Å². The number of rotatable bonds is 3. The first-order valence-corrected chi connectivity index (χ1v) is 6.17. The van der Waals surface area contributed by atoms with E-state index in [1.807, 2.05) is 42.1 Å². The molecule has 19 heavy (non-hydrogen) atoms. The van der Waals surface area contributed by atoms with Gasteiger partial charge in [0.25, 0.3) is 0 Å². The van der Waals surface area contributed by atoms with Gasteiger partial charge in [0.1, 0.15) is 0 Å². The normalized spacial score (nSPS) is 11.1. The van der Waals surface area contributed by atoms with Gasteiger partial charge in [0.05, 0.1) is 29.7 Å². The molecule has 0 fully saturated rings. The van der Waals surface area contributed by atoms with Gasteiger partial charge in [-0.2, -0.15) is 5.10 Å². The summed E-state index contributed by atoms with van der Waals surface area (Å²) in [7, 11) is 1.67.